The average molecular weight is 376 g/mol. The highest BCUT2D eigenvalue weighted by atomic mass is 19.1. The van der Waals surface area contributed by atoms with Crippen LogP contribution in [-0.4, -0.2) is 31.8 Å². The second-order valence-corrected chi connectivity index (χ2v) is 6.80. The van der Waals surface area contributed by atoms with Crippen molar-refractivity contribution < 1.29 is 9.13 Å². The minimum absolute atomic E-state index is 0.0667. The number of nitrogens with two attached hydrogens (primary N) is 1. The Hall–Kier alpha value is -3.55. The maximum atomic E-state index is 14.2. The number of ether oxygens (including phenoxy) is 1. The fourth-order valence-corrected chi connectivity index (χ4v) is 3.87. The van der Waals surface area contributed by atoms with Crippen LogP contribution in [0.1, 0.15) is 17.2 Å². The molecule has 140 valence electrons. The van der Waals surface area contributed by atoms with Crippen molar-refractivity contribution in [1.82, 2.24) is 24.7 Å². The van der Waals surface area contributed by atoms with Crippen molar-refractivity contribution in [2.45, 2.75) is 18.9 Å². The number of aromatic nitrogens is 5. The molecule has 0 saturated heterocycles. The normalized spacial score (nSPS) is 13.8. The molecule has 4 aromatic rings. The molecule has 0 radical (unpaired) electrons. The fraction of sp³-hybridized carbons (Fsp3) is 0.200. The Morgan fingerprint density at radius 3 is 2.57 bits per heavy atom. The van der Waals surface area contributed by atoms with E-state index in [4.69, 9.17) is 15.6 Å². The quantitative estimate of drug-likeness (QED) is 0.591. The lowest BCUT2D eigenvalue weighted by atomic mass is 10.1. The van der Waals surface area contributed by atoms with Crippen molar-refractivity contribution in [2.24, 2.45) is 0 Å². The summed E-state index contributed by atoms with van der Waals surface area (Å²) >= 11 is 0. The van der Waals surface area contributed by atoms with E-state index in [1.807, 2.05) is 16.8 Å². The van der Waals surface area contributed by atoms with Crippen LogP contribution in [0.2, 0.25) is 0 Å². The number of nitrogen functional groups attached to an aromatic ring is 1. The molecular weight excluding hydrogens is 359 g/mol. The summed E-state index contributed by atoms with van der Waals surface area (Å²) in [4.78, 5) is 12.5. The molecule has 28 heavy (non-hydrogen) atoms. The van der Waals surface area contributed by atoms with E-state index in [0.29, 0.717) is 28.1 Å². The van der Waals surface area contributed by atoms with E-state index in [1.165, 1.54) is 36.8 Å². The Morgan fingerprint density at radius 2 is 1.89 bits per heavy atom. The van der Waals surface area contributed by atoms with Crippen LogP contribution >= 0.6 is 0 Å². The summed E-state index contributed by atoms with van der Waals surface area (Å²) in [6.07, 6.45) is 4.65. The molecule has 0 amide bonds. The van der Waals surface area contributed by atoms with Gasteiger partial charge in [0.1, 0.15) is 17.8 Å². The summed E-state index contributed by atoms with van der Waals surface area (Å²) in [6.45, 7) is 0. The molecule has 1 aromatic carbocycles. The third-order valence-corrected chi connectivity index (χ3v) is 5.17. The van der Waals surface area contributed by atoms with Gasteiger partial charge in [-0.05, 0) is 30.0 Å². The van der Waals surface area contributed by atoms with Gasteiger partial charge in [-0.15, -0.1) is 0 Å². The Kier molecular flexibility index (Phi) is 3.71. The molecule has 2 N–H and O–H groups in total. The summed E-state index contributed by atoms with van der Waals surface area (Å²) in [5.41, 5.74) is 10.4. The van der Waals surface area contributed by atoms with Gasteiger partial charge in [0, 0.05) is 11.8 Å². The lowest BCUT2D eigenvalue weighted by molar-refractivity contribution is 0.369. The zero-order valence-electron chi connectivity index (χ0n) is 15.1. The topological polar surface area (TPSA) is 91.7 Å². The molecule has 0 aliphatic heterocycles. The largest absolute Gasteiger partial charge is 0.479 e. The van der Waals surface area contributed by atoms with Crippen LogP contribution in [0.15, 0.2) is 42.9 Å². The first-order chi connectivity index (χ1) is 13.7. The number of methoxy groups -OCH3 is 1. The minimum Gasteiger partial charge on any atom is -0.479 e. The minimum atomic E-state index is -0.564. The highest BCUT2D eigenvalue weighted by Gasteiger charge is 2.27. The number of pyridine rings is 1. The Bertz CT molecular complexity index is 1180. The molecule has 1 aliphatic carbocycles. The maximum Gasteiger partial charge on any atom is 0.250 e. The molecule has 0 saturated carbocycles. The van der Waals surface area contributed by atoms with Crippen LogP contribution in [0.5, 0.6) is 5.88 Å². The number of hydrogen-bond acceptors (Lipinski definition) is 6. The van der Waals surface area contributed by atoms with Crippen LogP contribution < -0.4 is 10.5 Å². The second kappa shape index (κ2) is 6.26. The Morgan fingerprint density at radius 1 is 1.14 bits per heavy atom. The van der Waals surface area contributed by atoms with Gasteiger partial charge in [0.05, 0.1) is 18.5 Å². The first kappa shape index (κ1) is 16.6. The monoisotopic (exact) mass is 376 g/mol. The maximum absolute atomic E-state index is 14.2. The molecule has 0 spiro atoms. The van der Waals surface area contributed by atoms with E-state index in [1.54, 1.807) is 0 Å². The van der Waals surface area contributed by atoms with Gasteiger partial charge >= 0.3 is 0 Å². The first-order valence-electron chi connectivity index (χ1n) is 8.91. The first-order valence-corrected chi connectivity index (χ1v) is 8.91. The summed E-state index contributed by atoms with van der Waals surface area (Å²) < 4.78 is 21.0. The van der Waals surface area contributed by atoms with E-state index >= 15 is 0 Å². The Balaban J connectivity index is 1.67. The van der Waals surface area contributed by atoms with Crippen LogP contribution in [0.4, 0.5) is 10.2 Å². The van der Waals surface area contributed by atoms with Gasteiger partial charge in [0.15, 0.2) is 11.5 Å². The van der Waals surface area contributed by atoms with E-state index < -0.39 is 5.82 Å². The smallest absolute Gasteiger partial charge is 0.250 e. The molecule has 1 aliphatic rings. The van der Waals surface area contributed by atoms with Gasteiger partial charge in [-0.1, -0.05) is 24.3 Å². The average Bonchev–Trinajstić information content (AvgIpc) is 3.30. The van der Waals surface area contributed by atoms with Crippen LogP contribution in [0.25, 0.3) is 22.3 Å². The van der Waals surface area contributed by atoms with E-state index in [2.05, 4.69) is 27.1 Å². The molecular formula is C20H17FN6O. The number of rotatable bonds is 3. The molecule has 0 bridgehead atoms. The molecule has 0 unspecified atom stereocenters. The molecule has 8 heteroatoms. The van der Waals surface area contributed by atoms with Crippen molar-refractivity contribution in [3.8, 4) is 17.1 Å². The molecule has 3 aromatic heterocycles. The number of nitrogens with zero attached hydrogens (tertiary/aromatic N) is 5. The highest BCUT2D eigenvalue weighted by Crippen LogP contribution is 2.36. The van der Waals surface area contributed by atoms with E-state index in [9.17, 15) is 4.39 Å². The number of anilines is 1. The van der Waals surface area contributed by atoms with E-state index in [0.717, 1.165) is 12.8 Å². The van der Waals surface area contributed by atoms with Crippen LogP contribution in [0, 0.1) is 5.82 Å². The fourth-order valence-electron chi connectivity index (χ4n) is 3.87. The summed E-state index contributed by atoms with van der Waals surface area (Å²) in [7, 11) is 1.37. The van der Waals surface area contributed by atoms with Gasteiger partial charge in [0.2, 0.25) is 5.88 Å². The van der Waals surface area contributed by atoms with Gasteiger partial charge in [-0.3, -0.25) is 0 Å². The van der Waals surface area contributed by atoms with E-state index in [-0.39, 0.29) is 11.9 Å². The second-order valence-electron chi connectivity index (χ2n) is 6.80. The third-order valence-electron chi connectivity index (χ3n) is 5.17. The lowest BCUT2D eigenvalue weighted by Gasteiger charge is -2.10. The molecule has 7 nitrogen and oxygen atoms in total. The molecule has 3 heterocycles. The number of benzene rings is 1. The molecule has 5 rings (SSSR count). The SMILES string of the molecule is COc1ncc(-c2nn(C3Cc4ccccc4C3)c3ncnc(N)c23)cc1F. The van der Waals surface area contributed by atoms with Crippen LogP contribution in [-0.2, 0) is 12.8 Å². The van der Waals surface area contributed by atoms with Crippen molar-refractivity contribution >= 4 is 16.9 Å². The van der Waals surface area contributed by atoms with Crippen molar-refractivity contribution in [3.05, 3.63) is 59.8 Å². The van der Waals surface area contributed by atoms with Crippen molar-refractivity contribution in [2.75, 3.05) is 12.8 Å². The number of fused-ring (bicyclic) bond motifs is 2. The van der Waals surface area contributed by atoms with Gasteiger partial charge in [0.25, 0.3) is 0 Å². The lowest BCUT2D eigenvalue weighted by Crippen LogP contribution is -2.11. The van der Waals surface area contributed by atoms with Gasteiger partial charge < -0.3 is 10.5 Å². The number of halogens is 1. The summed E-state index contributed by atoms with van der Waals surface area (Å²) in [6, 6.07) is 9.80. The third kappa shape index (κ3) is 2.49. The zero-order chi connectivity index (χ0) is 19.3. The molecule has 0 fully saturated rings. The zero-order valence-corrected chi connectivity index (χ0v) is 15.1. The van der Waals surface area contributed by atoms with Crippen LogP contribution in [0.3, 0.4) is 0 Å². The predicted molar refractivity (Wildman–Crippen MR) is 102 cm³/mol. The predicted octanol–water partition coefficient (Wildman–Crippen LogP) is 2.96. The highest BCUT2D eigenvalue weighted by molar-refractivity contribution is 5.98. The van der Waals surface area contributed by atoms with Gasteiger partial charge in [-0.25, -0.2) is 24.0 Å². The standard InChI is InChI=1S/C20H17FN6O/c1-28-20-15(21)8-13(9-23-20)17-16-18(22)24-10-25-19(16)27(26-17)14-6-11-4-2-3-5-12(11)7-14/h2-5,8-10,14H,6-7H2,1H3,(H2,22,24,25). The van der Waals surface area contributed by atoms with Crippen molar-refractivity contribution in [3.63, 3.8) is 0 Å². The number of hydrogen-bond donors (Lipinski definition) is 1. The Labute approximate surface area is 160 Å². The summed E-state index contributed by atoms with van der Waals surface area (Å²) in [5.74, 6) is -0.327. The van der Waals surface area contributed by atoms with Gasteiger partial charge in [-0.2, -0.15) is 5.10 Å². The summed E-state index contributed by atoms with van der Waals surface area (Å²) in [5, 5.41) is 5.37. The molecule has 0 atom stereocenters. The van der Waals surface area contributed by atoms with Crippen molar-refractivity contribution in [1.29, 1.82) is 0 Å².